The van der Waals surface area contributed by atoms with Gasteiger partial charge in [-0.15, -0.1) is 0 Å². The summed E-state index contributed by atoms with van der Waals surface area (Å²) in [4.78, 5) is 8.50. The molecular weight excluding hydrogens is 302 g/mol. The Balaban J connectivity index is 2.06. The fourth-order valence-corrected chi connectivity index (χ4v) is 2.30. The van der Waals surface area contributed by atoms with Crippen LogP contribution in [0.5, 0.6) is 5.75 Å². The molecule has 0 aliphatic rings. The van der Waals surface area contributed by atoms with Gasteiger partial charge >= 0.3 is 0 Å². The van der Waals surface area contributed by atoms with Gasteiger partial charge in [-0.3, -0.25) is 4.68 Å². The predicted octanol–water partition coefficient (Wildman–Crippen LogP) is 3.55. The van der Waals surface area contributed by atoms with Gasteiger partial charge in [0, 0.05) is 24.7 Å². The van der Waals surface area contributed by atoms with E-state index in [1.807, 2.05) is 51.4 Å². The minimum Gasteiger partial charge on any atom is -0.491 e. The number of anilines is 2. The molecule has 2 heterocycles. The van der Waals surface area contributed by atoms with E-state index >= 15 is 0 Å². The van der Waals surface area contributed by atoms with Gasteiger partial charge in [0.2, 0.25) is 5.28 Å². The van der Waals surface area contributed by atoms with Gasteiger partial charge < -0.3 is 10.1 Å². The summed E-state index contributed by atoms with van der Waals surface area (Å²) in [6, 6.07) is 7.49. The molecule has 114 valence electrons. The Kier molecular flexibility index (Phi) is 3.85. The summed E-state index contributed by atoms with van der Waals surface area (Å²) in [6.07, 6.45) is 1.94. The highest BCUT2D eigenvalue weighted by atomic mass is 35.5. The van der Waals surface area contributed by atoms with Crippen LogP contribution in [0.15, 0.2) is 30.5 Å². The molecule has 0 radical (unpaired) electrons. The number of hydrogen-bond acceptors (Lipinski definition) is 5. The first-order valence-electron chi connectivity index (χ1n) is 6.92. The quantitative estimate of drug-likeness (QED) is 0.745. The minimum atomic E-state index is 0.0952. The highest BCUT2D eigenvalue weighted by molar-refractivity contribution is 6.28. The van der Waals surface area contributed by atoms with Crippen LogP contribution in [0.25, 0.3) is 10.9 Å². The average Bonchev–Trinajstić information content (AvgIpc) is 2.84. The first-order valence-corrected chi connectivity index (χ1v) is 7.29. The highest BCUT2D eigenvalue weighted by Crippen LogP contribution is 2.28. The molecule has 0 aliphatic carbocycles. The minimum absolute atomic E-state index is 0.0952. The number of benzene rings is 1. The fourth-order valence-electron chi connectivity index (χ4n) is 2.12. The fraction of sp³-hybridized carbons (Fsp3) is 0.267. The number of ether oxygens (including phenoxy) is 1. The lowest BCUT2D eigenvalue weighted by Crippen LogP contribution is -2.05. The van der Waals surface area contributed by atoms with Crippen LogP contribution in [0.3, 0.4) is 0 Å². The van der Waals surface area contributed by atoms with Crippen molar-refractivity contribution >= 4 is 34.1 Å². The SMILES string of the molecule is CC(C)Oc1ccc2nc(Cl)nc(Nc3ccn(C)n3)c2c1. The Hall–Kier alpha value is -2.34. The van der Waals surface area contributed by atoms with Crippen molar-refractivity contribution in [2.45, 2.75) is 20.0 Å². The molecule has 3 aromatic rings. The van der Waals surface area contributed by atoms with Crippen molar-refractivity contribution in [2.75, 3.05) is 5.32 Å². The van der Waals surface area contributed by atoms with Gasteiger partial charge in [-0.1, -0.05) is 0 Å². The van der Waals surface area contributed by atoms with E-state index in [0.717, 1.165) is 16.7 Å². The second-order valence-corrected chi connectivity index (χ2v) is 5.52. The van der Waals surface area contributed by atoms with Crippen LogP contribution in [-0.4, -0.2) is 25.9 Å². The van der Waals surface area contributed by atoms with E-state index in [-0.39, 0.29) is 11.4 Å². The van der Waals surface area contributed by atoms with Crippen LogP contribution in [-0.2, 0) is 7.05 Å². The van der Waals surface area contributed by atoms with E-state index in [1.165, 1.54) is 0 Å². The molecule has 22 heavy (non-hydrogen) atoms. The molecule has 6 nitrogen and oxygen atoms in total. The molecule has 3 rings (SSSR count). The van der Waals surface area contributed by atoms with Gasteiger partial charge in [0.05, 0.1) is 11.6 Å². The summed E-state index contributed by atoms with van der Waals surface area (Å²) in [5.41, 5.74) is 0.745. The lowest BCUT2D eigenvalue weighted by atomic mass is 10.2. The number of nitrogens with zero attached hydrogens (tertiary/aromatic N) is 4. The van der Waals surface area contributed by atoms with Crippen molar-refractivity contribution in [3.8, 4) is 5.75 Å². The largest absolute Gasteiger partial charge is 0.491 e. The molecule has 0 aliphatic heterocycles. The third kappa shape index (κ3) is 3.12. The third-order valence-corrected chi connectivity index (χ3v) is 3.14. The Labute approximate surface area is 133 Å². The van der Waals surface area contributed by atoms with Crippen LogP contribution < -0.4 is 10.1 Å². The maximum atomic E-state index is 6.00. The second-order valence-electron chi connectivity index (χ2n) is 5.19. The summed E-state index contributed by atoms with van der Waals surface area (Å²) in [5.74, 6) is 2.05. The Morgan fingerprint density at radius 2 is 2.05 bits per heavy atom. The van der Waals surface area contributed by atoms with Gasteiger partial charge in [-0.2, -0.15) is 10.1 Å². The summed E-state index contributed by atoms with van der Waals surface area (Å²) in [6.45, 7) is 3.96. The lowest BCUT2D eigenvalue weighted by molar-refractivity contribution is 0.243. The lowest BCUT2D eigenvalue weighted by Gasteiger charge is -2.12. The summed E-state index contributed by atoms with van der Waals surface area (Å²) in [5, 5.41) is 8.46. The predicted molar refractivity (Wildman–Crippen MR) is 86.8 cm³/mol. The molecule has 0 bridgehead atoms. The molecular formula is C15H16ClN5O. The first kappa shape index (κ1) is 14.6. The van der Waals surface area contributed by atoms with Gasteiger partial charge in [0.25, 0.3) is 0 Å². The summed E-state index contributed by atoms with van der Waals surface area (Å²) >= 11 is 6.00. The average molecular weight is 318 g/mol. The number of fused-ring (bicyclic) bond motifs is 1. The number of aryl methyl sites for hydroxylation is 1. The Bertz CT molecular complexity index is 815. The van der Waals surface area contributed by atoms with Crippen LogP contribution in [0, 0.1) is 0 Å². The number of aromatic nitrogens is 4. The zero-order valence-corrected chi connectivity index (χ0v) is 13.3. The molecule has 0 saturated heterocycles. The molecule has 0 atom stereocenters. The molecule has 7 heteroatoms. The number of rotatable bonds is 4. The smallest absolute Gasteiger partial charge is 0.224 e. The van der Waals surface area contributed by atoms with Gasteiger partial charge in [-0.25, -0.2) is 4.98 Å². The number of nitrogens with one attached hydrogen (secondary N) is 1. The zero-order chi connectivity index (χ0) is 15.7. The van der Waals surface area contributed by atoms with Crippen molar-refractivity contribution in [2.24, 2.45) is 7.05 Å². The number of halogens is 1. The van der Waals surface area contributed by atoms with Crippen LogP contribution in [0.2, 0.25) is 5.28 Å². The Morgan fingerprint density at radius 3 is 2.73 bits per heavy atom. The maximum absolute atomic E-state index is 6.00. The van der Waals surface area contributed by atoms with Crippen LogP contribution in [0.1, 0.15) is 13.8 Å². The van der Waals surface area contributed by atoms with Crippen LogP contribution in [0.4, 0.5) is 11.6 Å². The van der Waals surface area contributed by atoms with E-state index < -0.39 is 0 Å². The highest BCUT2D eigenvalue weighted by Gasteiger charge is 2.10. The zero-order valence-electron chi connectivity index (χ0n) is 12.5. The number of hydrogen-bond donors (Lipinski definition) is 1. The van der Waals surface area contributed by atoms with Crippen molar-refractivity contribution in [1.82, 2.24) is 19.7 Å². The summed E-state index contributed by atoms with van der Waals surface area (Å²) in [7, 11) is 1.85. The molecule has 0 amide bonds. The second kappa shape index (κ2) is 5.81. The molecule has 0 spiro atoms. The molecule has 0 unspecified atom stereocenters. The van der Waals surface area contributed by atoms with Gasteiger partial charge in [0.15, 0.2) is 5.82 Å². The third-order valence-electron chi connectivity index (χ3n) is 2.97. The van der Waals surface area contributed by atoms with Crippen molar-refractivity contribution in [3.05, 3.63) is 35.7 Å². The van der Waals surface area contributed by atoms with Crippen molar-refractivity contribution in [1.29, 1.82) is 0 Å². The van der Waals surface area contributed by atoms with Crippen molar-refractivity contribution < 1.29 is 4.74 Å². The first-order chi connectivity index (χ1) is 10.5. The summed E-state index contributed by atoms with van der Waals surface area (Å²) < 4.78 is 7.43. The van der Waals surface area contributed by atoms with Gasteiger partial charge in [-0.05, 0) is 43.6 Å². The molecule has 0 saturated carbocycles. The molecule has 1 aromatic carbocycles. The van der Waals surface area contributed by atoms with E-state index in [9.17, 15) is 0 Å². The van der Waals surface area contributed by atoms with Gasteiger partial charge in [0.1, 0.15) is 11.6 Å². The van der Waals surface area contributed by atoms with Crippen LogP contribution >= 0.6 is 11.6 Å². The molecule has 1 N–H and O–H groups in total. The standard InChI is InChI=1S/C15H16ClN5O/c1-9(2)22-10-4-5-12-11(8-10)14(19-15(16)17-12)18-13-6-7-21(3)20-13/h4-9H,1-3H3,(H,17,18,19,20). The van der Waals surface area contributed by atoms with E-state index in [0.29, 0.717) is 11.6 Å². The maximum Gasteiger partial charge on any atom is 0.224 e. The van der Waals surface area contributed by atoms with E-state index in [2.05, 4.69) is 20.4 Å². The van der Waals surface area contributed by atoms with E-state index in [1.54, 1.807) is 4.68 Å². The molecule has 0 fully saturated rings. The topological polar surface area (TPSA) is 64.9 Å². The van der Waals surface area contributed by atoms with Crippen molar-refractivity contribution in [3.63, 3.8) is 0 Å². The Morgan fingerprint density at radius 1 is 1.23 bits per heavy atom. The van der Waals surface area contributed by atoms with E-state index in [4.69, 9.17) is 16.3 Å². The monoisotopic (exact) mass is 317 g/mol. The normalized spacial score (nSPS) is 11.1. The molecule has 2 aromatic heterocycles.